The number of carboxylic acid groups (broad SMARTS) is 1. The minimum atomic E-state index is -3.20. The number of hydrogen-bond acceptors (Lipinski definition) is 4. The maximum atomic E-state index is 12.2. The van der Waals surface area contributed by atoms with Crippen molar-refractivity contribution in [3.8, 4) is 0 Å². The minimum absolute atomic E-state index is 0.179. The Balaban J connectivity index is 1.55. The van der Waals surface area contributed by atoms with Crippen molar-refractivity contribution in [1.29, 1.82) is 0 Å². The lowest BCUT2D eigenvalue weighted by Gasteiger charge is -2.30. The summed E-state index contributed by atoms with van der Waals surface area (Å²) in [5.41, 5.74) is 1.49. The molecule has 9 heteroatoms. The third kappa shape index (κ3) is 4.09. The van der Waals surface area contributed by atoms with E-state index in [9.17, 15) is 18.0 Å². The van der Waals surface area contributed by atoms with E-state index in [1.54, 1.807) is 24.3 Å². The molecule has 2 N–H and O–H groups in total. The number of carbonyl (C=O) groups excluding carboxylic acids is 1. The van der Waals surface area contributed by atoms with E-state index >= 15 is 0 Å². The van der Waals surface area contributed by atoms with Crippen LogP contribution < -0.4 is 9.62 Å². The van der Waals surface area contributed by atoms with Crippen LogP contribution in [-0.4, -0.2) is 55.8 Å². The van der Waals surface area contributed by atoms with Gasteiger partial charge in [0.2, 0.25) is 10.0 Å². The number of rotatable bonds is 4. The maximum Gasteiger partial charge on any atom is 0.317 e. The molecule has 2 amide bonds. The fraction of sp³-hybridized carbons (Fsp3) is 0.529. The van der Waals surface area contributed by atoms with Crippen LogP contribution in [0.15, 0.2) is 24.3 Å². The number of piperidine rings is 1. The summed E-state index contributed by atoms with van der Waals surface area (Å²) in [7, 11) is -3.20. The average molecular weight is 381 g/mol. The predicted molar refractivity (Wildman–Crippen MR) is 96.4 cm³/mol. The zero-order valence-corrected chi connectivity index (χ0v) is 15.2. The third-order valence-corrected chi connectivity index (χ3v) is 6.69. The number of hydrogen-bond donors (Lipinski definition) is 2. The molecular formula is C17H23N3O5S. The van der Waals surface area contributed by atoms with Crippen LogP contribution in [0, 0.1) is 5.92 Å². The van der Waals surface area contributed by atoms with Gasteiger partial charge in [0.1, 0.15) is 0 Å². The number of nitrogens with zero attached hydrogens (tertiary/aromatic N) is 2. The molecule has 2 saturated heterocycles. The average Bonchev–Trinajstić information content (AvgIpc) is 2.99. The Kier molecular flexibility index (Phi) is 5.36. The maximum absolute atomic E-state index is 12.2. The van der Waals surface area contributed by atoms with Gasteiger partial charge >= 0.3 is 12.0 Å². The summed E-state index contributed by atoms with van der Waals surface area (Å²) in [4.78, 5) is 24.9. The van der Waals surface area contributed by atoms with Gasteiger partial charge in [0.05, 0.1) is 17.4 Å². The Labute approximate surface area is 152 Å². The lowest BCUT2D eigenvalue weighted by Crippen LogP contribution is -2.46. The summed E-state index contributed by atoms with van der Waals surface area (Å²) in [5, 5.41) is 11.9. The van der Waals surface area contributed by atoms with E-state index in [1.807, 2.05) is 0 Å². The van der Waals surface area contributed by atoms with Crippen molar-refractivity contribution in [2.45, 2.75) is 25.8 Å². The first kappa shape index (κ1) is 18.5. The Hall–Kier alpha value is -2.29. The Morgan fingerprint density at radius 1 is 1.15 bits per heavy atom. The Morgan fingerprint density at radius 3 is 2.50 bits per heavy atom. The molecule has 0 aromatic heterocycles. The first-order valence-corrected chi connectivity index (χ1v) is 10.3. The van der Waals surface area contributed by atoms with E-state index in [1.165, 1.54) is 9.21 Å². The van der Waals surface area contributed by atoms with E-state index in [0.29, 0.717) is 44.6 Å². The van der Waals surface area contributed by atoms with Crippen LogP contribution in [0.1, 0.15) is 24.8 Å². The number of aliphatic carboxylic acids is 1. The van der Waals surface area contributed by atoms with Gasteiger partial charge in [0.25, 0.3) is 0 Å². The minimum Gasteiger partial charge on any atom is -0.481 e. The molecule has 3 rings (SSSR count). The highest BCUT2D eigenvalue weighted by molar-refractivity contribution is 7.93. The van der Waals surface area contributed by atoms with Gasteiger partial charge in [-0.2, -0.15) is 0 Å². The molecule has 0 spiro atoms. The van der Waals surface area contributed by atoms with Crippen molar-refractivity contribution in [3.05, 3.63) is 29.8 Å². The standard InChI is InChI=1S/C17H23N3O5S/c21-16(22)14-3-1-8-19(12-14)17(23)18-11-13-4-6-15(7-5-13)20-9-2-10-26(20,24)25/h4-7,14H,1-3,8-12H2,(H,18,23)(H,21,22). The number of sulfonamides is 1. The number of carbonyl (C=O) groups is 2. The number of anilines is 1. The van der Waals surface area contributed by atoms with Gasteiger partial charge in [-0.05, 0) is 37.0 Å². The van der Waals surface area contributed by atoms with E-state index in [4.69, 9.17) is 5.11 Å². The number of likely N-dealkylation sites (tertiary alicyclic amines) is 1. The Bertz CT molecular complexity index is 778. The molecule has 1 atom stereocenters. The SMILES string of the molecule is O=C(O)C1CCCN(C(=O)NCc2ccc(N3CCCS3(=O)=O)cc2)C1. The molecule has 2 aliphatic rings. The molecule has 26 heavy (non-hydrogen) atoms. The molecule has 0 saturated carbocycles. The molecule has 0 radical (unpaired) electrons. The predicted octanol–water partition coefficient (Wildman–Crippen LogP) is 1.23. The highest BCUT2D eigenvalue weighted by Crippen LogP contribution is 2.24. The van der Waals surface area contributed by atoms with Crippen LogP contribution in [0.4, 0.5) is 10.5 Å². The molecule has 0 bridgehead atoms. The van der Waals surface area contributed by atoms with Crippen LogP contribution in [0.5, 0.6) is 0 Å². The lowest BCUT2D eigenvalue weighted by molar-refractivity contribution is -0.143. The number of urea groups is 1. The number of carboxylic acids is 1. The molecule has 1 unspecified atom stereocenters. The van der Waals surface area contributed by atoms with Crippen LogP contribution in [0.2, 0.25) is 0 Å². The van der Waals surface area contributed by atoms with E-state index in [-0.39, 0.29) is 18.3 Å². The highest BCUT2D eigenvalue weighted by Gasteiger charge is 2.29. The van der Waals surface area contributed by atoms with E-state index in [0.717, 1.165) is 5.56 Å². The first-order chi connectivity index (χ1) is 12.4. The van der Waals surface area contributed by atoms with Gasteiger partial charge < -0.3 is 15.3 Å². The largest absolute Gasteiger partial charge is 0.481 e. The zero-order chi connectivity index (χ0) is 18.7. The molecule has 0 aliphatic carbocycles. The number of amides is 2. The van der Waals surface area contributed by atoms with Crippen molar-refractivity contribution in [1.82, 2.24) is 10.2 Å². The summed E-state index contributed by atoms with van der Waals surface area (Å²) >= 11 is 0. The summed E-state index contributed by atoms with van der Waals surface area (Å²) < 4.78 is 25.3. The summed E-state index contributed by atoms with van der Waals surface area (Å²) in [6.07, 6.45) is 1.91. The summed E-state index contributed by atoms with van der Waals surface area (Å²) in [6.45, 7) is 1.59. The lowest BCUT2D eigenvalue weighted by atomic mass is 9.99. The monoisotopic (exact) mass is 381 g/mol. The van der Waals surface area contributed by atoms with Crippen LogP contribution >= 0.6 is 0 Å². The topological polar surface area (TPSA) is 107 Å². The van der Waals surface area contributed by atoms with Gasteiger partial charge in [-0.25, -0.2) is 13.2 Å². The second-order valence-electron chi connectivity index (χ2n) is 6.69. The number of nitrogens with one attached hydrogen (secondary N) is 1. The first-order valence-electron chi connectivity index (χ1n) is 8.72. The van der Waals surface area contributed by atoms with Crippen molar-refractivity contribution in [2.24, 2.45) is 5.92 Å². The fourth-order valence-corrected chi connectivity index (χ4v) is 4.93. The molecule has 1 aromatic rings. The Morgan fingerprint density at radius 2 is 1.88 bits per heavy atom. The van der Waals surface area contributed by atoms with Gasteiger partial charge in [-0.1, -0.05) is 12.1 Å². The molecule has 8 nitrogen and oxygen atoms in total. The highest BCUT2D eigenvalue weighted by atomic mass is 32.2. The summed E-state index contributed by atoms with van der Waals surface area (Å²) in [6, 6.07) is 6.79. The molecule has 2 fully saturated rings. The van der Waals surface area contributed by atoms with Crippen molar-refractivity contribution in [2.75, 3.05) is 29.7 Å². The smallest absolute Gasteiger partial charge is 0.317 e. The second kappa shape index (κ2) is 7.53. The van der Waals surface area contributed by atoms with Crippen molar-refractivity contribution in [3.63, 3.8) is 0 Å². The third-order valence-electron chi connectivity index (χ3n) is 4.83. The van der Waals surface area contributed by atoms with Gasteiger partial charge in [0, 0.05) is 26.2 Å². The quantitative estimate of drug-likeness (QED) is 0.816. The van der Waals surface area contributed by atoms with Gasteiger partial charge in [-0.3, -0.25) is 9.10 Å². The van der Waals surface area contributed by atoms with E-state index < -0.39 is 21.9 Å². The van der Waals surface area contributed by atoms with E-state index in [2.05, 4.69) is 5.32 Å². The molecule has 2 heterocycles. The summed E-state index contributed by atoms with van der Waals surface area (Å²) in [5.74, 6) is -1.19. The van der Waals surface area contributed by atoms with Crippen LogP contribution in [0.3, 0.4) is 0 Å². The fourth-order valence-electron chi connectivity index (χ4n) is 3.36. The number of benzene rings is 1. The van der Waals surface area contributed by atoms with Crippen molar-refractivity contribution < 1.29 is 23.1 Å². The zero-order valence-electron chi connectivity index (χ0n) is 14.4. The van der Waals surface area contributed by atoms with Crippen molar-refractivity contribution >= 4 is 27.7 Å². The van der Waals surface area contributed by atoms with Crippen LogP contribution in [0.25, 0.3) is 0 Å². The molecule has 2 aliphatic heterocycles. The molecule has 142 valence electrons. The second-order valence-corrected chi connectivity index (χ2v) is 8.70. The molecular weight excluding hydrogens is 358 g/mol. The van der Waals surface area contributed by atoms with Gasteiger partial charge in [0.15, 0.2) is 0 Å². The normalized spacial score (nSPS) is 22.2. The van der Waals surface area contributed by atoms with Crippen LogP contribution in [-0.2, 0) is 21.4 Å². The molecule has 1 aromatic carbocycles. The van der Waals surface area contributed by atoms with Gasteiger partial charge in [-0.15, -0.1) is 0 Å².